The molecule has 8 nitrogen and oxygen atoms in total. The van der Waals surface area contributed by atoms with Crippen molar-refractivity contribution in [1.29, 1.82) is 0 Å². The van der Waals surface area contributed by atoms with Gasteiger partial charge in [-0.3, -0.25) is 29.6 Å². The first-order valence-electron chi connectivity index (χ1n) is 11.3. The quantitative estimate of drug-likeness (QED) is 0.711. The molecule has 9 heteroatoms. The number of hydrogen-bond donors (Lipinski definition) is 1. The lowest BCUT2D eigenvalue weighted by Gasteiger charge is -2.36. The minimum absolute atomic E-state index is 0.193. The fourth-order valence-electron chi connectivity index (χ4n) is 4.89. The number of hydrogen-bond acceptors (Lipinski definition) is 6. The highest BCUT2D eigenvalue weighted by Gasteiger charge is 2.39. The number of nitrogens with one attached hydrogen (secondary N) is 1. The number of fused-ring (bicyclic) bond motifs is 1. The van der Waals surface area contributed by atoms with E-state index in [1.54, 1.807) is 12.3 Å². The zero-order valence-corrected chi connectivity index (χ0v) is 18.5. The van der Waals surface area contributed by atoms with Crippen molar-refractivity contribution in [2.24, 2.45) is 0 Å². The predicted molar refractivity (Wildman–Crippen MR) is 119 cm³/mol. The molecule has 1 N–H and O–H groups in total. The highest BCUT2D eigenvalue weighted by atomic mass is 19.1. The summed E-state index contributed by atoms with van der Waals surface area (Å²) >= 11 is 0. The van der Waals surface area contributed by atoms with E-state index >= 15 is 4.39 Å². The number of amides is 3. The highest BCUT2D eigenvalue weighted by molar-refractivity contribution is 6.05. The Kier molecular flexibility index (Phi) is 5.57. The summed E-state index contributed by atoms with van der Waals surface area (Å²) < 4.78 is 15.0. The van der Waals surface area contributed by atoms with Gasteiger partial charge in [0.05, 0.1) is 5.69 Å². The molecule has 2 aromatic rings. The largest absolute Gasteiger partial charge is 0.367 e. The average molecular weight is 452 g/mol. The Bertz CT molecular complexity index is 1130. The third-order valence-corrected chi connectivity index (χ3v) is 6.81. The van der Waals surface area contributed by atoms with E-state index in [1.165, 1.54) is 16.5 Å². The second-order valence-corrected chi connectivity index (χ2v) is 8.87. The van der Waals surface area contributed by atoms with Crippen LogP contribution in [-0.4, -0.2) is 64.7 Å². The number of carbonyl (C=O) groups excluding carboxylic acids is 3. The number of carbonyl (C=O) groups is 3. The third kappa shape index (κ3) is 4.08. The number of aryl methyl sites for hydroxylation is 1. The van der Waals surface area contributed by atoms with Crippen molar-refractivity contribution in [2.45, 2.75) is 38.9 Å². The van der Waals surface area contributed by atoms with Crippen LogP contribution in [0.5, 0.6) is 0 Å². The summed E-state index contributed by atoms with van der Waals surface area (Å²) in [4.78, 5) is 46.7. The molecule has 0 bridgehead atoms. The molecule has 0 radical (unpaired) electrons. The number of imide groups is 1. The van der Waals surface area contributed by atoms with Crippen LogP contribution in [0.15, 0.2) is 30.5 Å². The molecule has 4 heterocycles. The normalized spacial score (nSPS) is 21.4. The van der Waals surface area contributed by atoms with Crippen LogP contribution < -0.4 is 10.2 Å². The monoisotopic (exact) mass is 451 g/mol. The third-order valence-electron chi connectivity index (χ3n) is 6.81. The molecular weight excluding hydrogens is 425 g/mol. The van der Waals surface area contributed by atoms with Crippen LogP contribution in [0, 0.1) is 12.7 Å². The SMILES string of the molecule is Cc1ncccc1CN1CCN(c2cc3c(cc2F)C(=O)N(C2CCC(=O)NC2=O)C3)CC1. The molecule has 1 aromatic carbocycles. The minimum atomic E-state index is -0.700. The van der Waals surface area contributed by atoms with Crippen LogP contribution in [0.3, 0.4) is 0 Å². The number of benzene rings is 1. The topological polar surface area (TPSA) is 85.8 Å². The van der Waals surface area contributed by atoms with Crippen molar-refractivity contribution in [3.8, 4) is 0 Å². The maximum absolute atomic E-state index is 15.0. The van der Waals surface area contributed by atoms with Gasteiger partial charge in [0, 0.05) is 63.1 Å². The summed E-state index contributed by atoms with van der Waals surface area (Å²) in [6, 6.07) is 6.37. The Morgan fingerprint density at radius 3 is 2.67 bits per heavy atom. The second kappa shape index (κ2) is 8.55. The lowest BCUT2D eigenvalue weighted by Crippen LogP contribution is -2.52. The Labute approximate surface area is 191 Å². The lowest BCUT2D eigenvalue weighted by molar-refractivity contribution is -0.136. The number of aromatic nitrogens is 1. The van der Waals surface area contributed by atoms with E-state index in [9.17, 15) is 14.4 Å². The van der Waals surface area contributed by atoms with Crippen LogP contribution >= 0.6 is 0 Å². The van der Waals surface area contributed by atoms with E-state index in [-0.39, 0.29) is 31.2 Å². The average Bonchev–Trinajstić information content (AvgIpc) is 3.11. The highest BCUT2D eigenvalue weighted by Crippen LogP contribution is 2.33. The molecule has 0 spiro atoms. The fourth-order valence-corrected chi connectivity index (χ4v) is 4.89. The van der Waals surface area contributed by atoms with Gasteiger partial charge in [-0.15, -0.1) is 0 Å². The van der Waals surface area contributed by atoms with Crippen LogP contribution in [0.1, 0.15) is 40.0 Å². The summed E-state index contributed by atoms with van der Waals surface area (Å²) in [6.45, 7) is 6.02. The van der Waals surface area contributed by atoms with Crippen LogP contribution in [0.4, 0.5) is 10.1 Å². The Balaban J connectivity index is 1.27. The molecule has 3 amide bonds. The molecular formula is C24H26FN5O3. The van der Waals surface area contributed by atoms with Gasteiger partial charge in [-0.2, -0.15) is 0 Å². The van der Waals surface area contributed by atoms with Crippen molar-refractivity contribution in [2.75, 3.05) is 31.1 Å². The Hall–Kier alpha value is -3.33. The fraction of sp³-hybridized carbons (Fsp3) is 0.417. The first-order valence-corrected chi connectivity index (χ1v) is 11.3. The summed E-state index contributed by atoms with van der Waals surface area (Å²) in [7, 11) is 0. The predicted octanol–water partition coefficient (Wildman–Crippen LogP) is 1.61. The maximum Gasteiger partial charge on any atom is 0.255 e. The molecule has 1 atom stereocenters. The van der Waals surface area contributed by atoms with Gasteiger partial charge < -0.3 is 9.80 Å². The van der Waals surface area contributed by atoms with Gasteiger partial charge in [0.1, 0.15) is 11.9 Å². The lowest BCUT2D eigenvalue weighted by atomic mass is 10.0. The van der Waals surface area contributed by atoms with Crippen molar-refractivity contribution >= 4 is 23.4 Å². The summed E-state index contributed by atoms with van der Waals surface area (Å²) in [5.74, 6) is -1.58. The van der Waals surface area contributed by atoms with Gasteiger partial charge in [0.25, 0.3) is 5.91 Å². The second-order valence-electron chi connectivity index (χ2n) is 8.87. The van der Waals surface area contributed by atoms with E-state index in [1.807, 2.05) is 17.9 Å². The smallest absolute Gasteiger partial charge is 0.255 e. The van der Waals surface area contributed by atoms with E-state index in [0.29, 0.717) is 24.3 Å². The Morgan fingerprint density at radius 1 is 1.15 bits per heavy atom. The van der Waals surface area contributed by atoms with Gasteiger partial charge in [-0.05, 0) is 42.7 Å². The minimum Gasteiger partial charge on any atom is -0.367 e. The molecule has 3 aliphatic rings. The first kappa shape index (κ1) is 21.5. The maximum atomic E-state index is 15.0. The van der Waals surface area contributed by atoms with Crippen LogP contribution in [0.2, 0.25) is 0 Å². The zero-order valence-electron chi connectivity index (χ0n) is 18.5. The van der Waals surface area contributed by atoms with Gasteiger partial charge >= 0.3 is 0 Å². The van der Waals surface area contributed by atoms with Crippen LogP contribution in [0.25, 0.3) is 0 Å². The number of pyridine rings is 1. The number of rotatable bonds is 4. The molecule has 1 aromatic heterocycles. The number of piperidine rings is 1. The van der Waals surface area contributed by atoms with Crippen LogP contribution in [-0.2, 0) is 22.7 Å². The molecule has 172 valence electrons. The van der Waals surface area contributed by atoms with Crippen molar-refractivity contribution < 1.29 is 18.8 Å². The summed E-state index contributed by atoms with van der Waals surface area (Å²) in [5, 5.41) is 2.29. The summed E-state index contributed by atoms with van der Waals surface area (Å²) in [6.07, 6.45) is 2.27. The van der Waals surface area contributed by atoms with E-state index in [0.717, 1.165) is 30.9 Å². The number of piperazine rings is 1. The van der Waals surface area contributed by atoms with E-state index in [4.69, 9.17) is 0 Å². The van der Waals surface area contributed by atoms with Crippen molar-refractivity contribution in [3.05, 3.63) is 58.7 Å². The Morgan fingerprint density at radius 2 is 1.94 bits per heavy atom. The molecule has 33 heavy (non-hydrogen) atoms. The molecule has 0 aliphatic carbocycles. The number of halogens is 1. The number of nitrogens with zero attached hydrogens (tertiary/aromatic N) is 4. The number of anilines is 1. The molecule has 1 unspecified atom stereocenters. The van der Waals surface area contributed by atoms with E-state index < -0.39 is 17.8 Å². The first-order chi connectivity index (χ1) is 15.9. The van der Waals surface area contributed by atoms with Gasteiger partial charge in [-0.25, -0.2) is 4.39 Å². The zero-order chi connectivity index (χ0) is 23.1. The standard InChI is InChI=1S/C24H26FN5O3/c1-15-16(3-2-6-26-15)13-28-7-9-29(10-8-28)21-11-17-14-30(24(33)18(17)12-19(21)25)20-4-5-22(31)27-23(20)32/h2-3,6,11-12,20H,4-5,7-10,13-14H2,1H3,(H,27,31,32). The van der Waals surface area contributed by atoms with Crippen molar-refractivity contribution in [3.63, 3.8) is 0 Å². The molecule has 2 saturated heterocycles. The van der Waals surface area contributed by atoms with E-state index in [2.05, 4.69) is 21.3 Å². The molecule has 0 saturated carbocycles. The molecule has 5 rings (SSSR count). The van der Waals surface area contributed by atoms with Gasteiger partial charge in [0.2, 0.25) is 11.8 Å². The molecule has 3 aliphatic heterocycles. The van der Waals surface area contributed by atoms with Gasteiger partial charge in [-0.1, -0.05) is 6.07 Å². The summed E-state index contributed by atoms with van der Waals surface area (Å²) in [5.41, 5.74) is 3.72. The molecule has 2 fully saturated rings. The van der Waals surface area contributed by atoms with Crippen molar-refractivity contribution in [1.82, 2.24) is 20.1 Å². The van der Waals surface area contributed by atoms with Gasteiger partial charge in [0.15, 0.2) is 0 Å².